The Morgan fingerprint density at radius 3 is 2.90 bits per heavy atom. The lowest BCUT2D eigenvalue weighted by molar-refractivity contribution is -0.120. The molecule has 3 aromatic rings. The molecule has 0 aliphatic carbocycles. The standard InChI is InChI=1S/C21H23N3O4S2/c1-14-5-7-18(28-2)20(10-14)30(26,27)24-9-3-4-15(13-24)21(25)23-17-6-8-19-16(11-17)12-22-29-19/h5-8,10-12,15H,3-4,9,13H2,1-2H3,(H,23,25)/t15-/m1/s1. The quantitative estimate of drug-likeness (QED) is 0.648. The molecule has 2 aromatic carbocycles. The average Bonchev–Trinajstić information content (AvgIpc) is 3.21. The number of ether oxygens (including phenoxy) is 1. The number of carbonyl (C=O) groups is 1. The molecule has 0 spiro atoms. The number of amides is 1. The highest BCUT2D eigenvalue weighted by Crippen LogP contribution is 2.31. The number of fused-ring (bicyclic) bond motifs is 1. The number of aromatic nitrogens is 1. The van der Waals surface area contributed by atoms with Crippen LogP contribution in [0.5, 0.6) is 5.75 Å². The molecule has 0 unspecified atom stereocenters. The number of sulfonamides is 1. The van der Waals surface area contributed by atoms with Crippen molar-refractivity contribution in [3.63, 3.8) is 0 Å². The van der Waals surface area contributed by atoms with Crippen LogP contribution in [-0.4, -0.2) is 43.2 Å². The van der Waals surface area contributed by atoms with Gasteiger partial charge in [0, 0.05) is 30.4 Å². The number of nitrogens with zero attached hydrogens (tertiary/aromatic N) is 2. The summed E-state index contributed by atoms with van der Waals surface area (Å²) in [5, 5.41) is 3.90. The van der Waals surface area contributed by atoms with E-state index in [9.17, 15) is 13.2 Å². The van der Waals surface area contributed by atoms with Gasteiger partial charge in [0.1, 0.15) is 10.6 Å². The van der Waals surface area contributed by atoms with Crippen molar-refractivity contribution in [2.45, 2.75) is 24.7 Å². The van der Waals surface area contributed by atoms with Crippen LogP contribution in [0.4, 0.5) is 5.69 Å². The minimum atomic E-state index is -3.77. The number of hydrogen-bond acceptors (Lipinski definition) is 6. The van der Waals surface area contributed by atoms with Crippen LogP contribution in [0, 0.1) is 12.8 Å². The van der Waals surface area contributed by atoms with E-state index in [0.717, 1.165) is 15.6 Å². The lowest BCUT2D eigenvalue weighted by Crippen LogP contribution is -2.43. The molecule has 0 saturated carbocycles. The molecule has 1 aliphatic heterocycles. The molecule has 1 aromatic heterocycles. The maximum atomic E-state index is 13.3. The molecular weight excluding hydrogens is 422 g/mol. The lowest BCUT2D eigenvalue weighted by atomic mass is 9.98. The van der Waals surface area contributed by atoms with Crippen LogP contribution >= 0.6 is 11.5 Å². The Balaban J connectivity index is 1.52. The summed E-state index contributed by atoms with van der Waals surface area (Å²) in [5.41, 5.74) is 1.52. The second-order valence-electron chi connectivity index (χ2n) is 7.42. The third-order valence-electron chi connectivity index (χ3n) is 5.31. The van der Waals surface area contributed by atoms with Crippen LogP contribution in [0.3, 0.4) is 0 Å². The first-order valence-corrected chi connectivity index (χ1v) is 11.9. The van der Waals surface area contributed by atoms with Gasteiger partial charge in [-0.25, -0.2) is 8.42 Å². The lowest BCUT2D eigenvalue weighted by Gasteiger charge is -2.31. The third-order valence-corrected chi connectivity index (χ3v) is 7.98. The zero-order chi connectivity index (χ0) is 21.3. The van der Waals surface area contributed by atoms with E-state index < -0.39 is 15.9 Å². The molecule has 7 nitrogen and oxygen atoms in total. The van der Waals surface area contributed by atoms with Crippen LogP contribution in [0.25, 0.3) is 10.1 Å². The minimum Gasteiger partial charge on any atom is -0.495 e. The van der Waals surface area contributed by atoms with E-state index in [1.807, 2.05) is 31.2 Å². The first kappa shape index (κ1) is 20.8. The van der Waals surface area contributed by atoms with E-state index in [1.54, 1.807) is 18.3 Å². The SMILES string of the molecule is COc1ccc(C)cc1S(=O)(=O)N1CCC[C@@H](C(=O)Nc2ccc3sncc3c2)C1. The molecule has 0 bridgehead atoms. The molecule has 1 fully saturated rings. The molecule has 1 amide bonds. The summed E-state index contributed by atoms with van der Waals surface area (Å²) in [5.74, 6) is -0.279. The number of anilines is 1. The van der Waals surface area contributed by atoms with Crippen molar-refractivity contribution in [2.75, 3.05) is 25.5 Å². The maximum absolute atomic E-state index is 13.3. The van der Waals surface area contributed by atoms with Crippen LogP contribution in [0.1, 0.15) is 18.4 Å². The molecule has 9 heteroatoms. The maximum Gasteiger partial charge on any atom is 0.246 e. The van der Waals surface area contributed by atoms with Gasteiger partial charge >= 0.3 is 0 Å². The van der Waals surface area contributed by atoms with Crippen molar-refractivity contribution in [1.82, 2.24) is 8.68 Å². The van der Waals surface area contributed by atoms with E-state index in [-0.39, 0.29) is 17.3 Å². The van der Waals surface area contributed by atoms with Crippen LogP contribution in [-0.2, 0) is 14.8 Å². The molecule has 1 saturated heterocycles. The van der Waals surface area contributed by atoms with Crippen molar-refractivity contribution in [1.29, 1.82) is 0 Å². The smallest absolute Gasteiger partial charge is 0.246 e. The van der Waals surface area contributed by atoms with Gasteiger partial charge in [0.15, 0.2) is 0 Å². The van der Waals surface area contributed by atoms with Crippen molar-refractivity contribution < 1.29 is 17.9 Å². The van der Waals surface area contributed by atoms with Crippen molar-refractivity contribution >= 4 is 43.2 Å². The number of methoxy groups -OCH3 is 1. The van der Waals surface area contributed by atoms with Gasteiger partial charge in [0.25, 0.3) is 0 Å². The number of aryl methyl sites for hydroxylation is 1. The van der Waals surface area contributed by atoms with E-state index >= 15 is 0 Å². The summed E-state index contributed by atoms with van der Waals surface area (Å²) < 4.78 is 38.4. The number of rotatable bonds is 5. The van der Waals surface area contributed by atoms with E-state index in [4.69, 9.17) is 4.74 Å². The molecule has 4 rings (SSSR count). The highest BCUT2D eigenvalue weighted by molar-refractivity contribution is 7.89. The molecule has 1 atom stereocenters. The van der Waals surface area contributed by atoms with E-state index in [1.165, 1.54) is 22.9 Å². The Morgan fingerprint density at radius 2 is 2.10 bits per heavy atom. The fraction of sp³-hybridized carbons (Fsp3) is 0.333. The summed E-state index contributed by atoms with van der Waals surface area (Å²) in [6.07, 6.45) is 3.03. The Hall–Kier alpha value is -2.49. The molecule has 2 heterocycles. The summed E-state index contributed by atoms with van der Waals surface area (Å²) >= 11 is 1.40. The molecular formula is C21H23N3O4S2. The van der Waals surface area contributed by atoms with Gasteiger partial charge < -0.3 is 10.1 Å². The van der Waals surface area contributed by atoms with Crippen molar-refractivity contribution in [2.24, 2.45) is 5.92 Å². The van der Waals surface area contributed by atoms with Gasteiger partial charge in [0.05, 0.1) is 17.7 Å². The first-order chi connectivity index (χ1) is 14.4. The summed E-state index contributed by atoms with van der Waals surface area (Å²) in [7, 11) is -2.31. The number of carbonyl (C=O) groups excluding carboxylic acids is 1. The third kappa shape index (κ3) is 4.05. The predicted octanol–water partition coefficient (Wildman–Crippen LogP) is 3.65. The summed E-state index contributed by atoms with van der Waals surface area (Å²) in [6, 6.07) is 10.7. The van der Waals surface area contributed by atoms with E-state index in [2.05, 4.69) is 9.69 Å². The second-order valence-corrected chi connectivity index (χ2v) is 10.2. The predicted molar refractivity (Wildman–Crippen MR) is 117 cm³/mol. The van der Waals surface area contributed by atoms with Crippen molar-refractivity contribution in [3.05, 3.63) is 48.2 Å². The number of benzene rings is 2. The zero-order valence-electron chi connectivity index (χ0n) is 16.8. The molecule has 1 aliphatic rings. The van der Waals surface area contributed by atoms with Gasteiger partial charge in [-0.05, 0) is 67.2 Å². The van der Waals surface area contributed by atoms with Crippen LogP contribution in [0.15, 0.2) is 47.5 Å². The van der Waals surface area contributed by atoms with Crippen molar-refractivity contribution in [3.8, 4) is 5.75 Å². The molecule has 1 N–H and O–H groups in total. The Morgan fingerprint density at radius 1 is 1.27 bits per heavy atom. The zero-order valence-corrected chi connectivity index (χ0v) is 18.4. The van der Waals surface area contributed by atoms with Gasteiger partial charge in [-0.15, -0.1) is 0 Å². The van der Waals surface area contributed by atoms with Crippen LogP contribution in [0.2, 0.25) is 0 Å². The Kier molecular flexibility index (Phi) is 5.77. The molecule has 158 valence electrons. The van der Waals surface area contributed by atoms with Gasteiger partial charge in [-0.3, -0.25) is 4.79 Å². The highest BCUT2D eigenvalue weighted by Gasteiger charge is 2.35. The number of nitrogens with one attached hydrogen (secondary N) is 1. The Labute approximate surface area is 179 Å². The van der Waals surface area contributed by atoms with Gasteiger partial charge in [-0.2, -0.15) is 8.68 Å². The Bertz CT molecular complexity index is 1190. The number of piperidine rings is 1. The summed E-state index contributed by atoms with van der Waals surface area (Å²) in [4.78, 5) is 13.0. The minimum absolute atomic E-state index is 0.140. The highest BCUT2D eigenvalue weighted by atomic mass is 32.2. The second kappa shape index (κ2) is 8.33. The largest absolute Gasteiger partial charge is 0.495 e. The molecule has 30 heavy (non-hydrogen) atoms. The van der Waals surface area contributed by atoms with Crippen LogP contribution < -0.4 is 10.1 Å². The topological polar surface area (TPSA) is 88.6 Å². The van der Waals surface area contributed by atoms with E-state index in [0.29, 0.717) is 30.8 Å². The normalized spacial score (nSPS) is 17.7. The average molecular weight is 446 g/mol. The summed E-state index contributed by atoms with van der Waals surface area (Å²) in [6.45, 7) is 2.37. The fourth-order valence-corrected chi connectivity index (χ4v) is 6.08. The van der Waals surface area contributed by atoms with Gasteiger partial charge in [-0.1, -0.05) is 6.07 Å². The fourth-order valence-electron chi connectivity index (χ4n) is 3.69. The molecule has 0 radical (unpaired) electrons. The number of hydrogen-bond donors (Lipinski definition) is 1. The monoisotopic (exact) mass is 445 g/mol. The first-order valence-electron chi connectivity index (χ1n) is 9.68. The van der Waals surface area contributed by atoms with Gasteiger partial charge in [0.2, 0.25) is 15.9 Å².